The van der Waals surface area contributed by atoms with Crippen LogP contribution in [0.3, 0.4) is 0 Å². The molecule has 3 aromatic heterocycles. The number of benzene rings is 1. The number of alkyl halides is 3. The summed E-state index contributed by atoms with van der Waals surface area (Å²) in [7, 11) is 0. The maximum absolute atomic E-state index is 13.3. The standard InChI is InChI=1S/C24H21F3N6O/c25-24(26,27)20-5-1-3-18(31-20)22-21(19-4-2-10-33(19)32-22)14-6-7-17-15(11-14)12-16(13-30-17)23(34)29-9-8-28/h1,3,5-7,11-13H,2,4,8-10,28H2,(H,29,34). The highest BCUT2D eigenvalue weighted by molar-refractivity contribution is 5.98. The fraction of sp³-hybridized carbons (Fsp3) is 0.250. The zero-order chi connectivity index (χ0) is 23.9. The molecule has 1 amide bonds. The zero-order valence-electron chi connectivity index (χ0n) is 18.1. The first kappa shape index (κ1) is 22.0. The molecule has 1 aliphatic rings. The van der Waals surface area contributed by atoms with Crippen molar-refractivity contribution >= 4 is 16.8 Å². The molecule has 0 saturated carbocycles. The number of pyridine rings is 2. The van der Waals surface area contributed by atoms with Gasteiger partial charge in [-0.25, -0.2) is 4.98 Å². The topological polar surface area (TPSA) is 98.7 Å². The van der Waals surface area contributed by atoms with Gasteiger partial charge in [0, 0.05) is 42.5 Å². The van der Waals surface area contributed by atoms with Gasteiger partial charge in [0.25, 0.3) is 5.91 Å². The van der Waals surface area contributed by atoms with E-state index in [0.717, 1.165) is 41.1 Å². The van der Waals surface area contributed by atoms with Gasteiger partial charge in [-0.05, 0) is 48.7 Å². The molecule has 0 atom stereocenters. The summed E-state index contributed by atoms with van der Waals surface area (Å²) >= 11 is 0. The minimum atomic E-state index is -4.55. The van der Waals surface area contributed by atoms with Crippen molar-refractivity contribution in [3.8, 4) is 22.5 Å². The number of aryl methyl sites for hydroxylation is 1. The summed E-state index contributed by atoms with van der Waals surface area (Å²) in [5.74, 6) is -0.273. The second-order valence-electron chi connectivity index (χ2n) is 8.08. The number of hydrogen-bond acceptors (Lipinski definition) is 5. The van der Waals surface area contributed by atoms with Crippen LogP contribution < -0.4 is 11.1 Å². The molecule has 0 unspecified atom stereocenters. The van der Waals surface area contributed by atoms with E-state index in [4.69, 9.17) is 5.73 Å². The van der Waals surface area contributed by atoms with Crippen molar-refractivity contribution in [3.63, 3.8) is 0 Å². The minimum Gasteiger partial charge on any atom is -0.351 e. The maximum Gasteiger partial charge on any atom is 0.433 e. The molecule has 4 heterocycles. The fourth-order valence-corrected chi connectivity index (χ4v) is 4.24. The molecule has 10 heteroatoms. The lowest BCUT2D eigenvalue weighted by Crippen LogP contribution is -2.29. The minimum absolute atomic E-state index is 0.167. The molecule has 34 heavy (non-hydrogen) atoms. The summed E-state index contributed by atoms with van der Waals surface area (Å²) in [6, 6.07) is 11.2. The average molecular weight is 466 g/mol. The van der Waals surface area contributed by atoms with Crippen LogP contribution in [0, 0.1) is 0 Å². The van der Waals surface area contributed by atoms with Crippen LogP contribution in [0.1, 0.15) is 28.2 Å². The number of nitrogens with two attached hydrogens (primary N) is 1. The quantitative estimate of drug-likeness (QED) is 0.466. The lowest BCUT2D eigenvalue weighted by atomic mass is 9.98. The Labute approximate surface area is 192 Å². The van der Waals surface area contributed by atoms with E-state index in [9.17, 15) is 18.0 Å². The number of carbonyl (C=O) groups excluding carboxylic acids is 1. The largest absolute Gasteiger partial charge is 0.433 e. The number of fused-ring (bicyclic) bond motifs is 2. The normalized spacial score (nSPS) is 13.3. The number of halogens is 3. The molecular formula is C24H21F3N6O. The van der Waals surface area contributed by atoms with Gasteiger partial charge in [-0.1, -0.05) is 12.1 Å². The van der Waals surface area contributed by atoms with Crippen molar-refractivity contribution < 1.29 is 18.0 Å². The number of rotatable bonds is 5. The van der Waals surface area contributed by atoms with Gasteiger partial charge in [-0.15, -0.1) is 0 Å². The van der Waals surface area contributed by atoms with Gasteiger partial charge in [-0.2, -0.15) is 18.3 Å². The molecule has 4 aromatic rings. The van der Waals surface area contributed by atoms with Crippen LogP contribution in [0.15, 0.2) is 48.7 Å². The third kappa shape index (κ3) is 4.01. The molecular weight excluding hydrogens is 445 g/mol. The van der Waals surface area contributed by atoms with E-state index in [1.54, 1.807) is 12.1 Å². The Morgan fingerprint density at radius 2 is 2.03 bits per heavy atom. The third-order valence-corrected chi connectivity index (χ3v) is 5.79. The molecule has 0 fully saturated rings. The van der Waals surface area contributed by atoms with Crippen molar-refractivity contribution in [2.75, 3.05) is 13.1 Å². The van der Waals surface area contributed by atoms with E-state index in [-0.39, 0.29) is 11.6 Å². The molecule has 0 spiro atoms. The van der Waals surface area contributed by atoms with Gasteiger partial charge >= 0.3 is 6.18 Å². The van der Waals surface area contributed by atoms with E-state index >= 15 is 0 Å². The monoisotopic (exact) mass is 466 g/mol. The van der Waals surface area contributed by atoms with Crippen LogP contribution in [-0.4, -0.2) is 38.7 Å². The first-order valence-electron chi connectivity index (χ1n) is 10.9. The van der Waals surface area contributed by atoms with Gasteiger partial charge < -0.3 is 11.1 Å². The molecule has 0 bridgehead atoms. The summed E-state index contributed by atoms with van der Waals surface area (Å²) < 4.78 is 41.7. The number of aromatic nitrogens is 4. The Balaban J connectivity index is 1.63. The van der Waals surface area contributed by atoms with Gasteiger partial charge in [0.15, 0.2) is 0 Å². The summed E-state index contributed by atoms with van der Waals surface area (Å²) in [5, 5.41) is 8.07. The average Bonchev–Trinajstić information content (AvgIpc) is 3.43. The van der Waals surface area contributed by atoms with Gasteiger partial charge in [-0.3, -0.25) is 14.5 Å². The molecule has 1 aliphatic heterocycles. The molecule has 3 N–H and O–H groups in total. The van der Waals surface area contributed by atoms with Crippen LogP contribution in [0.5, 0.6) is 0 Å². The number of carbonyl (C=O) groups is 1. The first-order valence-corrected chi connectivity index (χ1v) is 10.9. The van der Waals surface area contributed by atoms with Crippen molar-refractivity contribution in [3.05, 3.63) is 65.6 Å². The molecule has 1 aromatic carbocycles. The predicted octanol–water partition coefficient (Wildman–Crippen LogP) is 3.81. The van der Waals surface area contributed by atoms with E-state index in [1.165, 1.54) is 12.3 Å². The number of amides is 1. The summed E-state index contributed by atoms with van der Waals surface area (Å²) in [6.45, 7) is 1.38. The molecule has 174 valence electrons. The summed E-state index contributed by atoms with van der Waals surface area (Å²) in [6.07, 6.45) is -1.37. The van der Waals surface area contributed by atoms with Gasteiger partial charge in [0.05, 0.1) is 16.8 Å². The molecule has 0 radical (unpaired) electrons. The van der Waals surface area contributed by atoms with Crippen molar-refractivity contribution in [2.45, 2.75) is 25.6 Å². The maximum atomic E-state index is 13.3. The highest BCUT2D eigenvalue weighted by atomic mass is 19.4. The highest BCUT2D eigenvalue weighted by Crippen LogP contribution is 2.39. The molecule has 5 rings (SSSR count). The lowest BCUT2D eigenvalue weighted by molar-refractivity contribution is -0.141. The van der Waals surface area contributed by atoms with E-state index in [0.29, 0.717) is 36.4 Å². The van der Waals surface area contributed by atoms with Crippen molar-refractivity contribution in [1.82, 2.24) is 25.1 Å². The summed E-state index contributed by atoms with van der Waals surface area (Å²) in [4.78, 5) is 20.6. The fourth-order valence-electron chi connectivity index (χ4n) is 4.24. The third-order valence-electron chi connectivity index (χ3n) is 5.79. The van der Waals surface area contributed by atoms with Crippen molar-refractivity contribution in [2.24, 2.45) is 5.73 Å². The van der Waals surface area contributed by atoms with E-state index < -0.39 is 11.9 Å². The first-order chi connectivity index (χ1) is 16.3. The van der Waals surface area contributed by atoms with Crippen LogP contribution >= 0.6 is 0 Å². The van der Waals surface area contributed by atoms with Gasteiger partial charge in [0.1, 0.15) is 11.4 Å². The zero-order valence-corrected chi connectivity index (χ0v) is 18.1. The second kappa shape index (κ2) is 8.53. The Kier molecular flexibility index (Phi) is 5.52. The Bertz CT molecular complexity index is 1400. The van der Waals surface area contributed by atoms with Crippen LogP contribution in [0.4, 0.5) is 13.2 Å². The van der Waals surface area contributed by atoms with Crippen LogP contribution in [0.2, 0.25) is 0 Å². The number of nitrogens with one attached hydrogen (secondary N) is 1. The van der Waals surface area contributed by atoms with Crippen LogP contribution in [-0.2, 0) is 19.1 Å². The lowest BCUT2D eigenvalue weighted by Gasteiger charge is -2.10. The number of nitrogens with zero attached hydrogens (tertiary/aromatic N) is 4. The SMILES string of the molecule is NCCNC(=O)c1cnc2ccc(-c3c(-c4cccc(C(F)(F)F)n4)nn4c3CCC4)cc2c1. The van der Waals surface area contributed by atoms with Crippen LogP contribution in [0.25, 0.3) is 33.4 Å². The highest BCUT2D eigenvalue weighted by Gasteiger charge is 2.33. The smallest absolute Gasteiger partial charge is 0.351 e. The number of hydrogen-bond donors (Lipinski definition) is 2. The predicted molar refractivity (Wildman–Crippen MR) is 121 cm³/mol. The Morgan fingerprint density at radius 3 is 2.82 bits per heavy atom. The Hall–Kier alpha value is -3.79. The Morgan fingerprint density at radius 1 is 1.18 bits per heavy atom. The molecule has 0 saturated heterocycles. The second-order valence-corrected chi connectivity index (χ2v) is 8.08. The molecule has 7 nitrogen and oxygen atoms in total. The molecule has 0 aliphatic carbocycles. The van der Waals surface area contributed by atoms with E-state index in [2.05, 4.69) is 20.4 Å². The van der Waals surface area contributed by atoms with E-state index in [1.807, 2.05) is 22.9 Å². The van der Waals surface area contributed by atoms with Gasteiger partial charge in [0.2, 0.25) is 0 Å². The summed E-state index contributed by atoms with van der Waals surface area (Å²) in [5.41, 5.74) is 8.66. The van der Waals surface area contributed by atoms with Crippen molar-refractivity contribution in [1.29, 1.82) is 0 Å².